The fourth-order valence-electron chi connectivity index (χ4n) is 2.37. The number of nitriles is 1. The first-order valence-electron chi connectivity index (χ1n) is 8.15. The van der Waals surface area contributed by atoms with Crippen LogP contribution in [0.1, 0.15) is 37.4 Å². The summed E-state index contributed by atoms with van der Waals surface area (Å²) in [5.74, 6) is -0.326. The second-order valence-corrected chi connectivity index (χ2v) is 6.07. The van der Waals surface area contributed by atoms with E-state index in [2.05, 4.69) is 17.2 Å². The van der Waals surface area contributed by atoms with E-state index in [1.165, 1.54) is 0 Å². The smallest absolute Gasteiger partial charge is 0.238 e. The summed E-state index contributed by atoms with van der Waals surface area (Å²) < 4.78 is 0. The van der Waals surface area contributed by atoms with Crippen LogP contribution in [0.25, 0.3) is 16.2 Å². The molecule has 0 spiro atoms. The van der Waals surface area contributed by atoms with Gasteiger partial charge < -0.3 is 5.32 Å². The van der Waals surface area contributed by atoms with Gasteiger partial charge in [-0.1, -0.05) is 43.2 Å². The van der Waals surface area contributed by atoms with Crippen molar-refractivity contribution in [3.8, 4) is 17.2 Å². The predicted octanol–water partition coefficient (Wildman–Crippen LogP) is 5.29. The highest BCUT2D eigenvalue weighted by Crippen LogP contribution is 2.29. The Morgan fingerprint density at radius 1 is 1.36 bits per heavy atom. The number of aromatic nitrogens is 1. The van der Waals surface area contributed by atoms with E-state index in [0.29, 0.717) is 10.7 Å². The van der Waals surface area contributed by atoms with Crippen LogP contribution in [0.15, 0.2) is 42.6 Å². The Labute approximate surface area is 153 Å². The van der Waals surface area contributed by atoms with E-state index in [1.54, 1.807) is 12.3 Å². The van der Waals surface area contributed by atoms with Crippen molar-refractivity contribution in [1.29, 1.82) is 5.26 Å². The third-order valence-electron chi connectivity index (χ3n) is 3.68. The molecule has 2 rings (SSSR count). The number of nitrogens with one attached hydrogen (secondary N) is 1. The molecule has 0 saturated heterocycles. The van der Waals surface area contributed by atoms with Crippen molar-refractivity contribution < 1.29 is 4.79 Å². The number of carbonyl (C=O) groups excluding carboxylic acids is 1. The van der Waals surface area contributed by atoms with Crippen LogP contribution in [0.5, 0.6) is 0 Å². The minimum Gasteiger partial charge on any atom is -0.325 e. The molecule has 2 aromatic rings. The molecule has 5 heteroatoms. The zero-order valence-electron chi connectivity index (χ0n) is 14.3. The second kappa shape index (κ2) is 9.00. The molecule has 1 heterocycles. The monoisotopic (exact) mass is 353 g/mol. The third kappa shape index (κ3) is 5.17. The number of halogens is 1. The van der Waals surface area contributed by atoms with Gasteiger partial charge in [0.25, 0.3) is 0 Å². The summed E-state index contributed by atoms with van der Waals surface area (Å²) in [6.07, 6.45) is 5.58. The lowest BCUT2D eigenvalue weighted by molar-refractivity contribution is -0.115. The summed E-state index contributed by atoms with van der Waals surface area (Å²) in [6, 6.07) is 11.3. The van der Waals surface area contributed by atoms with Gasteiger partial charge >= 0.3 is 0 Å². The zero-order valence-corrected chi connectivity index (χ0v) is 15.1. The van der Waals surface area contributed by atoms with Gasteiger partial charge in [0.15, 0.2) is 0 Å². The van der Waals surface area contributed by atoms with E-state index >= 15 is 0 Å². The Bertz CT molecular complexity index is 837. The Kier molecular flexibility index (Phi) is 6.73. The lowest BCUT2D eigenvalue weighted by Crippen LogP contribution is -2.09. The summed E-state index contributed by atoms with van der Waals surface area (Å²) in [6.45, 7) is 4.04. The molecule has 0 bridgehead atoms. The molecule has 0 saturated carbocycles. The van der Waals surface area contributed by atoms with E-state index in [-0.39, 0.29) is 12.3 Å². The second-order valence-electron chi connectivity index (χ2n) is 5.66. The van der Waals surface area contributed by atoms with Crippen LogP contribution in [-0.2, 0) is 4.79 Å². The summed E-state index contributed by atoms with van der Waals surface area (Å²) in [4.78, 5) is 16.0. The summed E-state index contributed by atoms with van der Waals surface area (Å²) in [5, 5.41) is 12.0. The van der Waals surface area contributed by atoms with Crippen LogP contribution in [0, 0.1) is 18.3 Å². The summed E-state index contributed by atoms with van der Waals surface area (Å²) in [5.41, 5.74) is 4.27. The number of hydrogen-bond donors (Lipinski definition) is 1. The zero-order chi connectivity index (χ0) is 18.2. The molecule has 1 N–H and O–H groups in total. The molecular weight excluding hydrogens is 334 g/mol. The molecule has 1 aromatic carbocycles. The normalized spacial score (nSPS) is 11.0. The molecule has 0 radical (unpaired) electrons. The average molecular weight is 354 g/mol. The van der Waals surface area contributed by atoms with Crippen molar-refractivity contribution in [2.45, 2.75) is 33.1 Å². The standard InChI is InChI=1S/C20H20ClN3O/c1-3-4-8-19(21)18-12-16(13-23-14(18)2)15-6-5-7-17(11-15)24-20(25)9-10-22/h5-8,11-13H,3-4,9H2,1-2H3,(H,24,25)/b19-8+. The highest BCUT2D eigenvalue weighted by Gasteiger charge is 2.08. The van der Waals surface area contributed by atoms with Gasteiger partial charge in [-0.25, -0.2) is 0 Å². The van der Waals surface area contributed by atoms with Gasteiger partial charge in [0.1, 0.15) is 6.42 Å². The lowest BCUT2D eigenvalue weighted by atomic mass is 10.0. The van der Waals surface area contributed by atoms with Crippen LogP contribution < -0.4 is 5.32 Å². The van der Waals surface area contributed by atoms with Crippen molar-refractivity contribution in [2.24, 2.45) is 0 Å². The van der Waals surface area contributed by atoms with E-state index < -0.39 is 0 Å². The van der Waals surface area contributed by atoms with E-state index in [1.807, 2.05) is 43.3 Å². The Balaban J connectivity index is 2.33. The number of aryl methyl sites for hydroxylation is 1. The van der Waals surface area contributed by atoms with Crippen molar-refractivity contribution in [3.05, 3.63) is 53.9 Å². The number of hydrogen-bond acceptors (Lipinski definition) is 3. The molecule has 0 fully saturated rings. The maximum Gasteiger partial charge on any atom is 0.238 e. The van der Waals surface area contributed by atoms with Gasteiger partial charge in [-0.3, -0.25) is 9.78 Å². The molecule has 1 aromatic heterocycles. The quantitative estimate of drug-likeness (QED) is 0.767. The number of allylic oxidation sites excluding steroid dienone is 1. The number of pyridine rings is 1. The van der Waals surface area contributed by atoms with Gasteiger partial charge in [-0.15, -0.1) is 0 Å². The van der Waals surface area contributed by atoms with Crippen molar-refractivity contribution >= 4 is 28.2 Å². The molecule has 0 aliphatic heterocycles. The van der Waals surface area contributed by atoms with Crippen LogP contribution in [0.4, 0.5) is 5.69 Å². The Morgan fingerprint density at radius 3 is 2.88 bits per heavy atom. The lowest BCUT2D eigenvalue weighted by Gasteiger charge is -2.10. The molecule has 0 aliphatic rings. The van der Waals surface area contributed by atoms with Gasteiger partial charge in [0.05, 0.1) is 6.07 Å². The summed E-state index contributed by atoms with van der Waals surface area (Å²) >= 11 is 6.42. The van der Waals surface area contributed by atoms with Crippen LogP contribution in [-0.4, -0.2) is 10.9 Å². The molecular formula is C20H20ClN3O. The van der Waals surface area contributed by atoms with Crippen molar-refractivity contribution in [2.75, 3.05) is 5.32 Å². The number of amides is 1. The van der Waals surface area contributed by atoms with Crippen LogP contribution in [0.2, 0.25) is 0 Å². The summed E-state index contributed by atoms with van der Waals surface area (Å²) in [7, 11) is 0. The average Bonchev–Trinajstić information content (AvgIpc) is 2.60. The molecule has 25 heavy (non-hydrogen) atoms. The van der Waals surface area contributed by atoms with E-state index in [0.717, 1.165) is 35.2 Å². The number of carbonyl (C=O) groups is 1. The van der Waals surface area contributed by atoms with Crippen LogP contribution in [0.3, 0.4) is 0 Å². The largest absolute Gasteiger partial charge is 0.325 e. The van der Waals surface area contributed by atoms with Crippen LogP contribution >= 0.6 is 11.6 Å². The Hall–Kier alpha value is -2.64. The number of nitrogens with zero attached hydrogens (tertiary/aromatic N) is 2. The molecule has 4 nitrogen and oxygen atoms in total. The van der Waals surface area contributed by atoms with Gasteiger partial charge in [-0.2, -0.15) is 5.26 Å². The fourth-order valence-corrected chi connectivity index (χ4v) is 2.67. The van der Waals surface area contributed by atoms with Crippen molar-refractivity contribution in [3.63, 3.8) is 0 Å². The maximum atomic E-state index is 11.6. The highest BCUT2D eigenvalue weighted by atomic mass is 35.5. The van der Waals surface area contributed by atoms with Gasteiger partial charge in [0, 0.05) is 33.7 Å². The molecule has 0 aliphatic carbocycles. The molecule has 128 valence electrons. The topological polar surface area (TPSA) is 65.8 Å². The number of rotatable bonds is 6. The third-order valence-corrected chi connectivity index (χ3v) is 4.03. The Morgan fingerprint density at radius 2 is 2.16 bits per heavy atom. The number of unbranched alkanes of at least 4 members (excludes halogenated alkanes) is 1. The molecule has 1 amide bonds. The maximum absolute atomic E-state index is 11.6. The first kappa shape index (κ1) is 18.7. The fraction of sp³-hybridized carbons (Fsp3) is 0.250. The van der Waals surface area contributed by atoms with Gasteiger partial charge in [0.2, 0.25) is 5.91 Å². The SMILES string of the molecule is CCC/C=C(/Cl)c1cc(-c2cccc(NC(=O)CC#N)c2)cnc1C. The first-order chi connectivity index (χ1) is 12.0. The molecule has 0 atom stereocenters. The van der Waals surface area contributed by atoms with E-state index in [9.17, 15) is 4.79 Å². The van der Waals surface area contributed by atoms with Crippen molar-refractivity contribution in [1.82, 2.24) is 4.98 Å². The first-order valence-corrected chi connectivity index (χ1v) is 8.53. The minimum atomic E-state index is -0.326. The predicted molar refractivity (Wildman–Crippen MR) is 102 cm³/mol. The number of benzene rings is 1. The number of anilines is 1. The minimum absolute atomic E-state index is 0.168. The highest BCUT2D eigenvalue weighted by molar-refractivity contribution is 6.48. The van der Waals surface area contributed by atoms with E-state index in [4.69, 9.17) is 16.9 Å². The molecule has 0 unspecified atom stereocenters. The van der Waals surface area contributed by atoms with Gasteiger partial charge in [-0.05, 0) is 37.1 Å².